The second-order valence-corrected chi connectivity index (χ2v) is 9.44. The van der Waals surface area contributed by atoms with E-state index in [0.29, 0.717) is 18.8 Å². The Balaban J connectivity index is 1.84. The summed E-state index contributed by atoms with van der Waals surface area (Å²) in [6.45, 7) is 2.11. The summed E-state index contributed by atoms with van der Waals surface area (Å²) in [5.41, 5.74) is 0. The van der Waals surface area contributed by atoms with Gasteiger partial charge in [0.1, 0.15) is 24.4 Å². The zero-order valence-electron chi connectivity index (χ0n) is 17.4. The average Bonchev–Trinajstić information content (AvgIpc) is 2.75. The van der Waals surface area contributed by atoms with Crippen LogP contribution in [0.5, 0.6) is 0 Å². The zero-order valence-corrected chi connectivity index (χ0v) is 18.2. The number of thioether (sulfide) groups is 1. The van der Waals surface area contributed by atoms with Crippen LogP contribution in [0.1, 0.15) is 39.0 Å². The molecule has 9 nitrogen and oxygen atoms in total. The molecule has 0 amide bonds. The number of ether oxygens (including phenoxy) is 4. The maximum Gasteiger partial charge on any atom is 0.187 e. The molecule has 6 fully saturated rings. The van der Waals surface area contributed by atoms with Crippen molar-refractivity contribution in [3.8, 4) is 0 Å². The third-order valence-corrected chi connectivity index (χ3v) is 7.32. The molecule has 0 saturated carbocycles. The first-order chi connectivity index (χ1) is 14.5. The summed E-state index contributed by atoms with van der Waals surface area (Å²) in [6, 6.07) is 0. The summed E-state index contributed by atoms with van der Waals surface area (Å²) in [6.07, 6.45) is -5.77. The van der Waals surface area contributed by atoms with E-state index < -0.39 is 61.2 Å². The maximum atomic E-state index is 10.8. The number of aliphatic hydroxyl groups is 5. The number of hydrogen-bond donors (Lipinski definition) is 5. The minimum absolute atomic E-state index is 0.318. The predicted molar refractivity (Wildman–Crippen MR) is 109 cm³/mol. The molecular weight excluding hydrogens is 416 g/mol. The Kier molecular flexibility index (Phi) is 9.64. The molecule has 0 radical (unpaired) electrons. The lowest BCUT2D eigenvalue weighted by atomic mass is 9.85. The van der Waals surface area contributed by atoms with Crippen LogP contribution in [-0.4, -0.2) is 106 Å². The van der Waals surface area contributed by atoms with Crippen molar-refractivity contribution in [2.24, 2.45) is 5.92 Å². The van der Waals surface area contributed by atoms with Gasteiger partial charge in [-0.3, -0.25) is 0 Å². The van der Waals surface area contributed by atoms with Crippen molar-refractivity contribution in [1.29, 1.82) is 0 Å². The Labute approximate surface area is 181 Å². The summed E-state index contributed by atoms with van der Waals surface area (Å²) in [7, 11) is 0. The van der Waals surface area contributed by atoms with Gasteiger partial charge in [-0.05, 0) is 25.0 Å². The third-order valence-electron chi connectivity index (χ3n) is 6.06. The van der Waals surface area contributed by atoms with Gasteiger partial charge in [-0.2, -0.15) is 11.8 Å². The first-order valence-electron chi connectivity index (χ1n) is 11.0. The summed E-state index contributed by atoms with van der Waals surface area (Å²) in [5, 5.41) is 52.4. The van der Waals surface area contributed by atoms with Crippen LogP contribution in [0.2, 0.25) is 0 Å². The molecule has 0 aromatic rings. The van der Waals surface area contributed by atoms with Crippen LogP contribution in [0.4, 0.5) is 0 Å². The highest BCUT2D eigenvalue weighted by atomic mass is 32.2. The molecule has 6 rings (SSSR count). The van der Waals surface area contributed by atoms with Gasteiger partial charge in [-0.1, -0.05) is 19.8 Å². The van der Waals surface area contributed by atoms with Gasteiger partial charge < -0.3 is 44.5 Å². The van der Waals surface area contributed by atoms with Crippen molar-refractivity contribution < 1.29 is 44.5 Å². The standard InChI is InChI=1S/C20H36O9S/c1-2-8-30-10-13-18-15(23)17(25)19(28-13)26-7-5-3-4-6-11-12(9-21)27-20(29-18)16(24)14(11)22/h11-25H,2-10H2,1H3/t11?,12?,13?,14-,15+,16+,17+,18?,19+,20-/m1/s1. The lowest BCUT2D eigenvalue weighted by molar-refractivity contribution is -0.351. The molecule has 30 heavy (non-hydrogen) atoms. The van der Waals surface area contributed by atoms with Crippen molar-refractivity contribution in [3.05, 3.63) is 0 Å². The van der Waals surface area contributed by atoms with Crippen LogP contribution in [0, 0.1) is 5.92 Å². The van der Waals surface area contributed by atoms with E-state index in [1.54, 1.807) is 11.8 Å². The SMILES string of the molecule is CCCSCC1O[C@@H]2OCCCCCC3C(CO)O[C@H](OC1[C@@H](O)[C@@H]2O)[C@@H](O)[C@@H]3O. The van der Waals surface area contributed by atoms with E-state index in [0.717, 1.165) is 31.4 Å². The van der Waals surface area contributed by atoms with Crippen molar-refractivity contribution in [3.63, 3.8) is 0 Å². The number of rotatable bonds is 5. The van der Waals surface area contributed by atoms with Gasteiger partial charge in [-0.25, -0.2) is 0 Å². The van der Waals surface area contributed by atoms with Gasteiger partial charge >= 0.3 is 0 Å². The van der Waals surface area contributed by atoms with E-state index in [2.05, 4.69) is 6.92 Å². The monoisotopic (exact) mass is 452 g/mol. The molecule has 0 aliphatic carbocycles. The Morgan fingerprint density at radius 1 is 0.833 bits per heavy atom. The van der Waals surface area contributed by atoms with E-state index in [-0.39, 0.29) is 6.61 Å². The minimum atomic E-state index is -1.34. The predicted octanol–water partition coefficient (Wildman–Crippen LogP) is -0.393. The molecule has 0 aromatic carbocycles. The molecule has 5 N–H and O–H groups in total. The van der Waals surface area contributed by atoms with Gasteiger partial charge in [0.2, 0.25) is 0 Å². The van der Waals surface area contributed by atoms with Crippen LogP contribution in [0.25, 0.3) is 0 Å². The molecule has 6 aliphatic heterocycles. The van der Waals surface area contributed by atoms with E-state index >= 15 is 0 Å². The molecule has 6 heterocycles. The Morgan fingerprint density at radius 3 is 2.30 bits per heavy atom. The summed E-state index contributed by atoms with van der Waals surface area (Å²) < 4.78 is 23.4. The zero-order chi connectivity index (χ0) is 21.7. The molecule has 0 spiro atoms. The Morgan fingerprint density at radius 2 is 1.57 bits per heavy atom. The fourth-order valence-electron chi connectivity index (χ4n) is 4.34. The first kappa shape index (κ1) is 24.6. The molecule has 6 aliphatic rings. The second-order valence-electron chi connectivity index (χ2n) is 8.29. The van der Waals surface area contributed by atoms with E-state index in [9.17, 15) is 25.5 Å². The number of hydrogen-bond acceptors (Lipinski definition) is 10. The van der Waals surface area contributed by atoms with Gasteiger partial charge in [0.15, 0.2) is 12.6 Å². The first-order valence-corrected chi connectivity index (χ1v) is 12.1. The van der Waals surface area contributed by atoms with E-state index in [1.165, 1.54) is 0 Å². The normalized spacial score (nSPS) is 45.8. The van der Waals surface area contributed by atoms with Gasteiger partial charge in [0.05, 0.1) is 24.9 Å². The fourth-order valence-corrected chi connectivity index (χ4v) is 5.29. The van der Waals surface area contributed by atoms with Crippen LogP contribution in [-0.2, 0) is 18.9 Å². The number of aliphatic hydroxyl groups excluding tert-OH is 5. The minimum Gasteiger partial charge on any atom is -0.394 e. The van der Waals surface area contributed by atoms with E-state index in [1.807, 2.05) is 0 Å². The maximum absolute atomic E-state index is 10.8. The second kappa shape index (κ2) is 11.7. The molecule has 10 heteroatoms. The molecule has 4 bridgehead atoms. The molecule has 6 saturated heterocycles. The Bertz CT molecular complexity index is 511. The summed E-state index contributed by atoms with van der Waals surface area (Å²) >= 11 is 1.63. The molecule has 0 aromatic heterocycles. The highest BCUT2D eigenvalue weighted by Gasteiger charge is 2.50. The smallest absolute Gasteiger partial charge is 0.187 e. The quantitative estimate of drug-likeness (QED) is 0.351. The molecule has 10 atom stereocenters. The fraction of sp³-hybridized carbons (Fsp3) is 1.00. The van der Waals surface area contributed by atoms with Crippen LogP contribution in [0.3, 0.4) is 0 Å². The molecule has 176 valence electrons. The third kappa shape index (κ3) is 5.67. The van der Waals surface area contributed by atoms with Gasteiger partial charge in [-0.15, -0.1) is 0 Å². The highest BCUT2D eigenvalue weighted by molar-refractivity contribution is 7.99. The summed E-state index contributed by atoms with van der Waals surface area (Å²) in [4.78, 5) is 0. The van der Waals surface area contributed by atoms with E-state index in [4.69, 9.17) is 18.9 Å². The van der Waals surface area contributed by atoms with Crippen molar-refractivity contribution >= 4 is 11.8 Å². The van der Waals surface area contributed by atoms with Gasteiger partial charge in [0, 0.05) is 18.3 Å². The largest absolute Gasteiger partial charge is 0.394 e. The van der Waals surface area contributed by atoms with Crippen LogP contribution < -0.4 is 0 Å². The van der Waals surface area contributed by atoms with Gasteiger partial charge in [0.25, 0.3) is 0 Å². The van der Waals surface area contributed by atoms with Crippen LogP contribution in [0.15, 0.2) is 0 Å². The average molecular weight is 453 g/mol. The van der Waals surface area contributed by atoms with Crippen molar-refractivity contribution in [2.75, 3.05) is 24.7 Å². The summed E-state index contributed by atoms with van der Waals surface area (Å²) in [5.74, 6) is 0.973. The topological polar surface area (TPSA) is 138 Å². The molecule has 4 unspecified atom stereocenters. The lowest BCUT2D eigenvalue weighted by Gasteiger charge is -2.47. The highest BCUT2D eigenvalue weighted by Crippen LogP contribution is 2.34. The lowest BCUT2D eigenvalue weighted by Crippen LogP contribution is -2.63. The van der Waals surface area contributed by atoms with Crippen LogP contribution >= 0.6 is 11.8 Å². The van der Waals surface area contributed by atoms with Crippen molar-refractivity contribution in [2.45, 2.75) is 94.3 Å². The van der Waals surface area contributed by atoms with Crippen molar-refractivity contribution in [1.82, 2.24) is 0 Å². The molecular formula is C20H36O9S. The Hall–Kier alpha value is -0.0100.